The summed E-state index contributed by atoms with van der Waals surface area (Å²) in [7, 11) is 0. The van der Waals surface area contributed by atoms with Gasteiger partial charge < -0.3 is 5.32 Å². The molecule has 13 heavy (non-hydrogen) atoms. The highest BCUT2D eigenvalue weighted by atomic mass is 31.2. The highest BCUT2D eigenvalue weighted by molar-refractivity contribution is 7.75. The Labute approximate surface area is 81.7 Å². The fraction of sp³-hybridized carbons (Fsp3) is 0.900. The van der Waals surface area contributed by atoms with Crippen LogP contribution < -0.4 is 5.32 Å². The number of hydrogen-bond acceptors (Lipinski definition) is 2. The Morgan fingerprint density at radius 3 is 2.38 bits per heavy atom. The third kappa shape index (κ3) is 2.59. The lowest BCUT2D eigenvalue weighted by Crippen LogP contribution is -2.43. The number of hydrogen-bond donors (Lipinski definition) is 1. The van der Waals surface area contributed by atoms with Crippen LogP contribution in [0, 0.1) is 0 Å². The van der Waals surface area contributed by atoms with E-state index in [1.165, 1.54) is 45.3 Å². The number of piperazine rings is 1. The molecule has 0 spiro atoms. The molecule has 76 valence electrons. The van der Waals surface area contributed by atoms with Crippen LogP contribution in [0.25, 0.3) is 0 Å². The smallest absolute Gasteiger partial charge is 0.0178 e. The van der Waals surface area contributed by atoms with Crippen molar-refractivity contribution >= 4 is 12.2 Å². The first-order valence-corrected chi connectivity index (χ1v) is 8.17. The lowest BCUT2D eigenvalue weighted by Gasteiger charge is -2.31. The highest BCUT2D eigenvalue weighted by Crippen LogP contribution is 2.48. The predicted octanol–water partition coefficient (Wildman–Crippen LogP) is 1.09. The van der Waals surface area contributed by atoms with Crippen LogP contribution in [-0.2, 0) is 0 Å². The molecule has 0 amide bonds. The lowest BCUT2D eigenvalue weighted by molar-refractivity contribution is 0.278. The minimum atomic E-state index is -0.657. The number of rotatable bonds is 2. The van der Waals surface area contributed by atoms with Gasteiger partial charge in [-0.05, 0) is 26.2 Å². The molecule has 2 fully saturated rings. The monoisotopic (exact) mass is 200 g/mol. The Hall–Kier alpha value is 0.220. The van der Waals surface area contributed by atoms with Gasteiger partial charge >= 0.3 is 0 Å². The minimum absolute atomic E-state index is 0.657. The van der Waals surface area contributed by atoms with Crippen LogP contribution in [0.1, 0.15) is 12.8 Å². The largest absolute Gasteiger partial charge is 0.314 e. The van der Waals surface area contributed by atoms with Crippen LogP contribution in [0.2, 0.25) is 0 Å². The van der Waals surface area contributed by atoms with E-state index in [4.69, 9.17) is 0 Å². The van der Waals surface area contributed by atoms with Gasteiger partial charge in [-0.25, -0.2) is 0 Å². The van der Waals surface area contributed by atoms with E-state index in [0.29, 0.717) is 0 Å². The molecule has 1 aliphatic carbocycles. The van der Waals surface area contributed by atoms with Crippen molar-refractivity contribution < 1.29 is 0 Å². The van der Waals surface area contributed by atoms with E-state index in [9.17, 15) is 0 Å². The Kier molecular flexibility index (Phi) is 2.83. The molecule has 0 atom stereocenters. The summed E-state index contributed by atoms with van der Waals surface area (Å²) < 4.78 is 0. The first kappa shape index (κ1) is 9.76. The van der Waals surface area contributed by atoms with E-state index >= 15 is 0 Å². The lowest BCUT2D eigenvalue weighted by atomic mass is 10.4. The molecule has 2 rings (SSSR count). The summed E-state index contributed by atoms with van der Waals surface area (Å²) in [6, 6.07) is 0. The van der Waals surface area contributed by atoms with Crippen LogP contribution in [0.15, 0.2) is 0 Å². The van der Waals surface area contributed by atoms with Gasteiger partial charge in [0.15, 0.2) is 0 Å². The SMILES string of the molecule is CP(C)(CN1CCNCC1)=C1CC1. The topological polar surface area (TPSA) is 15.3 Å². The second kappa shape index (κ2) is 3.76. The summed E-state index contributed by atoms with van der Waals surface area (Å²) in [5.74, 6) is 0. The summed E-state index contributed by atoms with van der Waals surface area (Å²) >= 11 is 0. The second-order valence-electron chi connectivity index (χ2n) is 4.76. The third-order valence-electron chi connectivity index (χ3n) is 3.09. The number of nitrogens with zero attached hydrogens (tertiary/aromatic N) is 1. The van der Waals surface area contributed by atoms with Gasteiger partial charge in [0, 0.05) is 32.5 Å². The van der Waals surface area contributed by atoms with Crippen molar-refractivity contribution in [2.24, 2.45) is 0 Å². The van der Waals surface area contributed by atoms with E-state index in [0.717, 1.165) is 0 Å². The van der Waals surface area contributed by atoms with Crippen LogP contribution >= 0.6 is 6.89 Å². The second-order valence-corrected chi connectivity index (χ2v) is 9.05. The molecule has 1 heterocycles. The van der Waals surface area contributed by atoms with Gasteiger partial charge in [0.05, 0.1) is 0 Å². The molecule has 3 heteroatoms. The average Bonchev–Trinajstić information content (AvgIpc) is 2.87. The van der Waals surface area contributed by atoms with Crippen LogP contribution in [-0.4, -0.2) is 56.0 Å². The van der Waals surface area contributed by atoms with E-state index in [1.807, 2.05) is 5.29 Å². The fourth-order valence-electron chi connectivity index (χ4n) is 2.11. The van der Waals surface area contributed by atoms with Gasteiger partial charge in [-0.1, -0.05) is 12.2 Å². The molecule has 1 saturated carbocycles. The maximum absolute atomic E-state index is 3.41. The van der Waals surface area contributed by atoms with Gasteiger partial charge in [0.1, 0.15) is 0 Å². The number of nitrogens with one attached hydrogen (secondary N) is 1. The molecule has 1 N–H and O–H groups in total. The van der Waals surface area contributed by atoms with Crippen LogP contribution in [0.3, 0.4) is 0 Å². The molecule has 0 aromatic rings. The standard InChI is InChI=1S/C10H21N2P/c1-13(2,10-3-4-10)9-12-7-5-11-6-8-12/h11H,3-9H2,1-2H3. The molecular formula is C10H21N2P. The Bertz CT molecular complexity index is 229. The third-order valence-corrected chi connectivity index (χ3v) is 6.36. The zero-order valence-corrected chi connectivity index (χ0v) is 9.74. The van der Waals surface area contributed by atoms with Crippen molar-refractivity contribution in [2.45, 2.75) is 12.8 Å². The quantitative estimate of drug-likeness (QED) is 0.671. The molecule has 0 aromatic carbocycles. The van der Waals surface area contributed by atoms with Gasteiger partial charge in [0.2, 0.25) is 0 Å². The molecule has 2 aliphatic rings. The fourth-order valence-corrected chi connectivity index (χ4v) is 4.92. The first-order chi connectivity index (χ1) is 6.18. The summed E-state index contributed by atoms with van der Waals surface area (Å²) in [5.41, 5.74) is 0. The zero-order valence-electron chi connectivity index (χ0n) is 8.84. The van der Waals surface area contributed by atoms with E-state index < -0.39 is 6.89 Å². The molecule has 2 nitrogen and oxygen atoms in total. The molecule has 1 aliphatic heterocycles. The Morgan fingerprint density at radius 2 is 1.85 bits per heavy atom. The van der Waals surface area contributed by atoms with Gasteiger partial charge in [0.25, 0.3) is 0 Å². The van der Waals surface area contributed by atoms with Gasteiger partial charge in [-0.3, -0.25) is 4.90 Å². The predicted molar refractivity (Wildman–Crippen MR) is 62.3 cm³/mol. The van der Waals surface area contributed by atoms with Crippen molar-refractivity contribution in [1.82, 2.24) is 10.2 Å². The van der Waals surface area contributed by atoms with Crippen molar-refractivity contribution in [3.05, 3.63) is 0 Å². The summed E-state index contributed by atoms with van der Waals surface area (Å²) in [4.78, 5) is 2.65. The van der Waals surface area contributed by atoms with Gasteiger partial charge in [-0.2, -0.15) is 0 Å². The van der Waals surface area contributed by atoms with E-state index in [1.54, 1.807) is 0 Å². The molecule has 0 bridgehead atoms. The molecule has 0 radical (unpaired) electrons. The minimum Gasteiger partial charge on any atom is -0.314 e. The van der Waals surface area contributed by atoms with E-state index in [-0.39, 0.29) is 0 Å². The van der Waals surface area contributed by atoms with Crippen molar-refractivity contribution in [3.8, 4) is 0 Å². The first-order valence-electron chi connectivity index (χ1n) is 5.30. The van der Waals surface area contributed by atoms with Crippen molar-refractivity contribution in [3.63, 3.8) is 0 Å². The van der Waals surface area contributed by atoms with Crippen LogP contribution in [0.5, 0.6) is 0 Å². The average molecular weight is 200 g/mol. The van der Waals surface area contributed by atoms with Gasteiger partial charge in [-0.15, -0.1) is 0 Å². The summed E-state index contributed by atoms with van der Waals surface area (Å²) in [6.07, 6.45) is 4.25. The normalized spacial score (nSPS) is 24.9. The molecule has 1 saturated heterocycles. The maximum Gasteiger partial charge on any atom is 0.0178 e. The highest BCUT2D eigenvalue weighted by Gasteiger charge is 2.23. The summed E-state index contributed by atoms with van der Waals surface area (Å²) in [5, 5.41) is 5.30. The molecular weight excluding hydrogens is 179 g/mol. The molecule has 0 aromatic heterocycles. The Morgan fingerprint density at radius 1 is 1.23 bits per heavy atom. The Balaban J connectivity index is 1.93. The van der Waals surface area contributed by atoms with Crippen molar-refractivity contribution in [2.75, 3.05) is 45.8 Å². The summed E-state index contributed by atoms with van der Waals surface area (Å²) in [6.45, 7) is 9.27. The van der Waals surface area contributed by atoms with E-state index in [2.05, 4.69) is 23.5 Å². The van der Waals surface area contributed by atoms with Crippen LogP contribution in [0.4, 0.5) is 0 Å². The maximum atomic E-state index is 3.41. The molecule has 0 unspecified atom stereocenters. The van der Waals surface area contributed by atoms with Crippen molar-refractivity contribution in [1.29, 1.82) is 0 Å². The zero-order chi connectivity index (χ0) is 9.31.